The van der Waals surface area contributed by atoms with Crippen molar-refractivity contribution >= 4 is 28.9 Å². The lowest BCUT2D eigenvalue weighted by atomic mass is 10.1. The van der Waals surface area contributed by atoms with Crippen LogP contribution in [0.15, 0.2) is 47.3 Å². The lowest BCUT2D eigenvalue weighted by molar-refractivity contribution is -0.603. The zero-order valence-electron chi connectivity index (χ0n) is 21.1. The van der Waals surface area contributed by atoms with E-state index in [4.69, 9.17) is 11.1 Å². The van der Waals surface area contributed by atoms with E-state index in [2.05, 4.69) is 10.4 Å². The van der Waals surface area contributed by atoms with Crippen molar-refractivity contribution < 1.29 is 23.3 Å². The van der Waals surface area contributed by atoms with Gasteiger partial charge in [-0.1, -0.05) is 13.0 Å². The summed E-state index contributed by atoms with van der Waals surface area (Å²) in [6.07, 6.45) is 0. The molecule has 1 saturated heterocycles. The lowest BCUT2D eigenvalue weighted by Crippen LogP contribution is -2.83. The number of nitrogens with one attached hydrogen (secondary N) is 2. The van der Waals surface area contributed by atoms with Crippen molar-refractivity contribution in [3.63, 3.8) is 0 Å². The van der Waals surface area contributed by atoms with E-state index >= 15 is 0 Å². The number of carbonyl (C=O) groups excluding carboxylic acids is 1. The molecule has 0 unspecified atom stereocenters. The Balaban J connectivity index is 1.78. The smallest absolute Gasteiger partial charge is 0.276 e. The minimum atomic E-state index is -1.17. The van der Waals surface area contributed by atoms with Crippen molar-refractivity contribution in [3.8, 4) is 5.69 Å². The minimum Gasteiger partial charge on any atom is -0.367 e. The van der Waals surface area contributed by atoms with E-state index in [1.807, 2.05) is 31.0 Å². The molecule has 0 bridgehead atoms. The zero-order chi connectivity index (χ0) is 27.7. The standard InChI is InChI=1S/C26H28F3N7O2/c1-13(2)32-18-7-8-19(24(22(18)25(29)31)35-11-14(3)17(30)12-35)33-26(38)20-9-10-21(37)36(34-20)23-15(27)5-4-6-16(23)28/h4-10,13-14,17,31-32H,11-12,30H2,1-3H3,(H,33,38)/p+1/t14-,17+/m1/s1. The van der Waals surface area contributed by atoms with Crippen molar-refractivity contribution in [3.05, 3.63) is 75.7 Å². The molecule has 1 aliphatic heterocycles. The van der Waals surface area contributed by atoms with E-state index in [1.165, 1.54) is 0 Å². The van der Waals surface area contributed by atoms with E-state index in [0.29, 0.717) is 29.1 Å². The van der Waals surface area contributed by atoms with Crippen LogP contribution in [0.25, 0.3) is 5.69 Å². The number of anilines is 2. The van der Waals surface area contributed by atoms with Gasteiger partial charge in [0.2, 0.25) is 5.97 Å². The summed E-state index contributed by atoms with van der Waals surface area (Å²) in [5.74, 6) is -3.94. The summed E-state index contributed by atoms with van der Waals surface area (Å²) in [5, 5.41) is 16.2. The maximum atomic E-state index is 14.7. The van der Waals surface area contributed by atoms with Crippen LogP contribution in [0, 0.1) is 23.0 Å². The predicted molar refractivity (Wildman–Crippen MR) is 138 cm³/mol. The maximum Gasteiger partial charge on any atom is 0.276 e. The van der Waals surface area contributed by atoms with Gasteiger partial charge in [-0.05, 0) is 44.0 Å². The third-order valence-electron chi connectivity index (χ3n) is 6.36. The highest BCUT2D eigenvalue weighted by Gasteiger charge is 2.33. The summed E-state index contributed by atoms with van der Waals surface area (Å²) in [6, 6.07) is 8.23. The Morgan fingerprint density at radius 3 is 2.39 bits per heavy atom. The highest BCUT2D eigenvalue weighted by Crippen LogP contribution is 2.37. The third-order valence-corrected chi connectivity index (χ3v) is 6.36. The summed E-state index contributed by atoms with van der Waals surface area (Å²) < 4.78 is 43.8. The molecule has 0 aliphatic carbocycles. The Morgan fingerprint density at radius 1 is 1.13 bits per heavy atom. The van der Waals surface area contributed by atoms with Gasteiger partial charge in [-0.2, -0.15) is 14.2 Å². The molecule has 6 N–H and O–H groups in total. The van der Waals surface area contributed by atoms with Gasteiger partial charge < -0.3 is 21.3 Å². The first-order valence-corrected chi connectivity index (χ1v) is 12.1. The van der Waals surface area contributed by atoms with Gasteiger partial charge in [-0.3, -0.25) is 15.0 Å². The molecular formula is C26H29F3N7O2+. The van der Waals surface area contributed by atoms with Crippen LogP contribution >= 0.6 is 0 Å². The predicted octanol–water partition coefficient (Wildman–Crippen LogP) is 2.44. The van der Waals surface area contributed by atoms with Gasteiger partial charge in [-0.15, -0.1) is 0 Å². The molecule has 2 heterocycles. The Labute approximate surface area is 217 Å². The van der Waals surface area contributed by atoms with E-state index in [1.54, 1.807) is 12.1 Å². The quantitative estimate of drug-likeness (QED) is 0.276. The molecule has 0 radical (unpaired) electrons. The number of aromatic nitrogens is 2. The van der Waals surface area contributed by atoms with Gasteiger partial charge in [0.25, 0.3) is 11.5 Å². The SMILES string of the molecule is CC(C)[NH2+]c1ccc(NC(=O)c2ccc(=O)n(-c3c(F)cccc3F)n2)c(N2C[C@@H](C)[C@@H](N)C2)c1C(=N)F. The van der Waals surface area contributed by atoms with Gasteiger partial charge >= 0.3 is 0 Å². The number of para-hydroxylation sites is 1. The molecule has 1 fully saturated rings. The van der Waals surface area contributed by atoms with Crippen LogP contribution in [0.4, 0.5) is 30.2 Å². The molecular weight excluding hydrogens is 499 g/mol. The second-order valence-electron chi connectivity index (χ2n) is 9.69. The van der Waals surface area contributed by atoms with Crippen LogP contribution in [-0.4, -0.2) is 46.8 Å². The van der Waals surface area contributed by atoms with Crippen LogP contribution in [0.3, 0.4) is 0 Å². The van der Waals surface area contributed by atoms with Crippen molar-refractivity contribution in [2.75, 3.05) is 23.3 Å². The normalized spacial score (nSPS) is 17.2. The van der Waals surface area contributed by atoms with Crippen molar-refractivity contribution in [1.82, 2.24) is 9.78 Å². The molecule has 9 nitrogen and oxygen atoms in total. The number of hydrogen-bond donors (Lipinski definition) is 4. The van der Waals surface area contributed by atoms with Gasteiger partial charge in [0.15, 0.2) is 11.6 Å². The summed E-state index contributed by atoms with van der Waals surface area (Å²) >= 11 is 0. The van der Waals surface area contributed by atoms with Crippen molar-refractivity contribution in [1.29, 1.82) is 5.41 Å². The first-order valence-electron chi connectivity index (χ1n) is 12.1. The fourth-order valence-electron chi connectivity index (χ4n) is 4.51. The van der Waals surface area contributed by atoms with Crippen LogP contribution < -0.4 is 26.8 Å². The molecule has 4 rings (SSSR count). The van der Waals surface area contributed by atoms with E-state index < -0.39 is 34.8 Å². The largest absolute Gasteiger partial charge is 0.367 e. The van der Waals surface area contributed by atoms with E-state index in [0.717, 1.165) is 30.3 Å². The Hall–Kier alpha value is -4.03. The number of carbonyl (C=O) groups is 1. The molecule has 1 aliphatic rings. The molecule has 12 heteroatoms. The Kier molecular flexibility index (Phi) is 7.65. The van der Waals surface area contributed by atoms with E-state index in [-0.39, 0.29) is 34.9 Å². The van der Waals surface area contributed by atoms with Gasteiger partial charge in [0, 0.05) is 31.3 Å². The van der Waals surface area contributed by atoms with Crippen LogP contribution in [0.1, 0.15) is 36.8 Å². The summed E-state index contributed by atoms with van der Waals surface area (Å²) in [4.78, 5) is 27.4. The molecule has 200 valence electrons. The summed E-state index contributed by atoms with van der Waals surface area (Å²) in [6.45, 7) is 6.67. The summed E-state index contributed by atoms with van der Waals surface area (Å²) in [7, 11) is 0. The first kappa shape index (κ1) is 27.0. The highest BCUT2D eigenvalue weighted by atomic mass is 19.1. The second-order valence-corrected chi connectivity index (χ2v) is 9.69. The zero-order valence-corrected chi connectivity index (χ0v) is 21.1. The monoisotopic (exact) mass is 528 g/mol. The fourth-order valence-corrected chi connectivity index (χ4v) is 4.51. The number of hydrogen-bond acceptors (Lipinski definition) is 6. The van der Waals surface area contributed by atoms with Crippen molar-refractivity contribution in [2.45, 2.75) is 32.9 Å². The highest BCUT2D eigenvalue weighted by molar-refractivity contribution is 6.09. The molecule has 1 aromatic heterocycles. The minimum absolute atomic E-state index is 0.0177. The number of amides is 1. The fraction of sp³-hybridized carbons (Fsp3) is 0.308. The molecule has 2 atom stereocenters. The first-order chi connectivity index (χ1) is 18.0. The molecule has 0 spiro atoms. The number of halogens is 3. The number of rotatable bonds is 7. The Morgan fingerprint density at radius 2 is 1.82 bits per heavy atom. The van der Waals surface area contributed by atoms with Crippen LogP contribution in [0.2, 0.25) is 0 Å². The van der Waals surface area contributed by atoms with Crippen LogP contribution in [-0.2, 0) is 0 Å². The average molecular weight is 529 g/mol. The van der Waals surface area contributed by atoms with Gasteiger partial charge in [-0.25, -0.2) is 8.78 Å². The van der Waals surface area contributed by atoms with E-state index in [9.17, 15) is 22.8 Å². The molecule has 3 aromatic rings. The number of nitrogens with zero attached hydrogens (tertiary/aromatic N) is 3. The molecule has 38 heavy (non-hydrogen) atoms. The third kappa shape index (κ3) is 5.31. The number of nitrogens with two attached hydrogens (primary N) is 2. The maximum absolute atomic E-state index is 14.7. The van der Waals surface area contributed by atoms with Gasteiger partial charge in [0.05, 0.1) is 17.4 Å². The number of quaternary nitrogens is 1. The lowest BCUT2D eigenvalue weighted by Gasteiger charge is -2.25. The topological polar surface area (TPSA) is 134 Å². The molecule has 2 aromatic carbocycles. The summed E-state index contributed by atoms with van der Waals surface area (Å²) in [5.41, 5.74) is 5.37. The van der Waals surface area contributed by atoms with Gasteiger partial charge in [0.1, 0.15) is 22.6 Å². The molecule has 0 saturated carbocycles. The molecule has 1 amide bonds. The Bertz CT molecular complexity index is 1430. The number of benzene rings is 2. The van der Waals surface area contributed by atoms with Crippen LogP contribution in [0.5, 0.6) is 0 Å². The average Bonchev–Trinajstić information content (AvgIpc) is 3.17. The van der Waals surface area contributed by atoms with Crippen molar-refractivity contribution in [2.24, 2.45) is 11.7 Å². The second kappa shape index (κ2) is 10.8.